The molecule has 0 radical (unpaired) electrons. The second-order valence-electron chi connectivity index (χ2n) is 8.30. The smallest absolute Gasteiger partial charge is 0.244 e. The second kappa shape index (κ2) is 8.16. The normalized spacial score (nSPS) is 14.0. The average molecular weight is 468 g/mol. The lowest BCUT2D eigenvalue weighted by atomic mass is 10.1. The maximum atomic E-state index is 13.0. The Morgan fingerprint density at radius 2 is 2.00 bits per heavy atom. The molecule has 1 saturated carbocycles. The van der Waals surface area contributed by atoms with E-state index < -0.39 is 10.0 Å². The highest BCUT2D eigenvalue weighted by Gasteiger charge is 2.26. The molecule has 1 fully saturated rings. The van der Waals surface area contributed by atoms with Gasteiger partial charge < -0.3 is 10.1 Å². The Kier molecular flexibility index (Phi) is 5.29. The maximum Gasteiger partial charge on any atom is 0.244 e. The van der Waals surface area contributed by atoms with Gasteiger partial charge in [-0.2, -0.15) is 5.10 Å². The number of benzene rings is 1. The van der Waals surface area contributed by atoms with Crippen molar-refractivity contribution >= 4 is 27.4 Å². The molecule has 0 unspecified atom stereocenters. The summed E-state index contributed by atoms with van der Waals surface area (Å²) < 4.78 is 35.9. The van der Waals surface area contributed by atoms with Gasteiger partial charge in [0.25, 0.3) is 0 Å². The summed E-state index contributed by atoms with van der Waals surface area (Å²) in [6, 6.07) is 8.71. The SMILES string of the molecule is COc1ccc(-c2cc3nc(C)cn3c(Nc3cc(C)[nH]n3)n2)cc1S(=O)(=O)NCC1CC1. The number of anilines is 2. The third-order valence-electron chi connectivity index (χ3n) is 5.53. The van der Waals surface area contributed by atoms with Crippen molar-refractivity contribution in [2.75, 3.05) is 19.0 Å². The molecule has 0 bridgehead atoms. The molecule has 1 aliphatic rings. The van der Waals surface area contributed by atoms with E-state index in [1.54, 1.807) is 18.2 Å². The fourth-order valence-electron chi connectivity index (χ4n) is 3.62. The van der Waals surface area contributed by atoms with Crippen molar-refractivity contribution in [3.05, 3.63) is 47.9 Å². The van der Waals surface area contributed by atoms with Gasteiger partial charge in [0.1, 0.15) is 16.3 Å². The number of methoxy groups -OCH3 is 1. The van der Waals surface area contributed by atoms with Gasteiger partial charge in [0.15, 0.2) is 5.82 Å². The number of ether oxygens (including phenoxy) is 1. The first-order valence-electron chi connectivity index (χ1n) is 10.7. The lowest BCUT2D eigenvalue weighted by Gasteiger charge is -2.13. The fraction of sp³-hybridized carbons (Fsp3) is 0.318. The number of sulfonamides is 1. The number of rotatable bonds is 8. The molecule has 0 aliphatic heterocycles. The highest BCUT2D eigenvalue weighted by Crippen LogP contribution is 2.32. The van der Waals surface area contributed by atoms with E-state index in [1.165, 1.54) is 7.11 Å². The van der Waals surface area contributed by atoms with Crippen molar-refractivity contribution in [3.8, 4) is 17.0 Å². The molecule has 33 heavy (non-hydrogen) atoms. The topological polar surface area (TPSA) is 126 Å². The van der Waals surface area contributed by atoms with Gasteiger partial charge in [-0.15, -0.1) is 0 Å². The van der Waals surface area contributed by atoms with Crippen LogP contribution in [0, 0.1) is 19.8 Å². The first-order chi connectivity index (χ1) is 15.8. The number of fused-ring (bicyclic) bond motifs is 1. The molecular weight excluding hydrogens is 442 g/mol. The van der Waals surface area contributed by atoms with E-state index in [9.17, 15) is 8.42 Å². The van der Waals surface area contributed by atoms with Crippen LogP contribution >= 0.6 is 0 Å². The van der Waals surface area contributed by atoms with Gasteiger partial charge in [-0.3, -0.25) is 9.50 Å². The molecule has 0 amide bonds. The largest absolute Gasteiger partial charge is 0.495 e. The van der Waals surface area contributed by atoms with Crippen molar-refractivity contribution in [3.63, 3.8) is 0 Å². The van der Waals surface area contributed by atoms with Crippen molar-refractivity contribution < 1.29 is 13.2 Å². The zero-order chi connectivity index (χ0) is 23.2. The van der Waals surface area contributed by atoms with Crippen molar-refractivity contribution in [1.29, 1.82) is 0 Å². The molecule has 5 rings (SSSR count). The highest BCUT2D eigenvalue weighted by molar-refractivity contribution is 7.89. The molecule has 0 atom stereocenters. The summed E-state index contributed by atoms with van der Waals surface area (Å²) in [6.45, 7) is 4.25. The van der Waals surface area contributed by atoms with E-state index in [1.807, 2.05) is 36.6 Å². The van der Waals surface area contributed by atoms with Crippen LogP contribution in [0.4, 0.5) is 11.8 Å². The average Bonchev–Trinajstić information content (AvgIpc) is 3.42. The van der Waals surface area contributed by atoms with E-state index in [0.717, 1.165) is 24.2 Å². The molecule has 0 spiro atoms. The van der Waals surface area contributed by atoms with Gasteiger partial charge in [0.2, 0.25) is 16.0 Å². The molecule has 3 heterocycles. The maximum absolute atomic E-state index is 13.0. The minimum Gasteiger partial charge on any atom is -0.495 e. The van der Waals surface area contributed by atoms with Crippen LogP contribution in [0.5, 0.6) is 5.75 Å². The Morgan fingerprint density at radius 1 is 1.18 bits per heavy atom. The quantitative estimate of drug-likeness (QED) is 0.363. The molecular formula is C22H25N7O3S. The van der Waals surface area contributed by atoms with Gasteiger partial charge in [0.05, 0.1) is 18.5 Å². The molecule has 3 aromatic heterocycles. The number of aryl methyl sites for hydroxylation is 2. The van der Waals surface area contributed by atoms with E-state index in [-0.39, 0.29) is 10.6 Å². The standard InChI is InChI=1S/C22H25N7O3S/c1-13-8-20(28-27-13)26-22-25-17(10-21-24-14(2)12-29(21)22)16-6-7-18(32-3)19(9-16)33(30,31)23-11-15-4-5-15/h6-10,12,15,23H,4-5,11H2,1-3H3,(H2,25,26,27,28). The first kappa shape index (κ1) is 21.4. The Balaban J connectivity index is 1.58. The summed E-state index contributed by atoms with van der Waals surface area (Å²) >= 11 is 0. The van der Waals surface area contributed by atoms with Crippen LogP contribution in [0.25, 0.3) is 16.9 Å². The molecule has 3 N–H and O–H groups in total. The zero-order valence-electron chi connectivity index (χ0n) is 18.6. The van der Waals surface area contributed by atoms with E-state index >= 15 is 0 Å². The van der Waals surface area contributed by atoms with Gasteiger partial charge in [0, 0.05) is 36.1 Å². The Hall–Kier alpha value is -3.44. The van der Waals surface area contributed by atoms with Crippen LogP contribution < -0.4 is 14.8 Å². The Bertz CT molecular complexity index is 1440. The Morgan fingerprint density at radius 3 is 2.70 bits per heavy atom. The zero-order valence-corrected chi connectivity index (χ0v) is 19.4. The molecule has 1 aromatic carbocycles. The number of aromatic amines is 1. The second-order valence-corrected chi connectivity index (χ2v) is 10.0. The molecule has 0 saturated heterocycles. The minimum absolute atomic E-state index is 0.0850. The monoisotopic (exact) mass is 467 g/mol. The molecule has 4 aromatic rings. The van der Waals surface area contributed by atoms with Crippen LogP contribution in [0.15, 0.2) is 41.4 Å². The van der Waals surface area contributed by atoms with Crippen molar-refractivity contribution in [2.45, 2.75) is 31.6 Å². The van der Waals surface area contributed by atoms with Gasteiger partial charge in [-0.05, 0) is 50.8 Å². The number of H-pyrrole nitrogens is 1. The van der Waals surface area contributed by atoms with Crippen LogP contribution in [-0.4, -0.2) is 46.6 Å². The lowest BCUT2D eigenvalue weighted by molar-refractivity contribution is 0.402. The van der Waals surface area contributed by atoms with Crippen molar-refractivity contribution in [2.24, 2.45) is 5.92 Å². The predicted molar refractivity (Wildman–Crippen MR) is 124 cm³/mol. The van der Waals surface area contributed by atoms with Crippen molar-refractivity contribution in [1.82, 2.24) is 29.3 Å². The number of hydrogen-bond donors (Lipinski definition) is 3. The lowest BCUT2D eigenvalue weighted by Crippen LogP contribution is -2.26. The number of nitrogens with one attached hydrogen (secondary N) is 3. The summed E-state index contributed by atoms with van der Waals surface area (Å²) in [6.07, 6.45) is 3.98. The van der Waals surface area contributed by atoms with Crippen LogP contribution in [0.1, 0.15) is 24.2 Å². The van der Waals surface area contributed by atoms with Crippen LogP contribution in [0.3, 0.4) is 0 Å². The summed E-state index contributed by atoms with van der Waals surface area (Å²) in [7, 11) is -2.28. The van der Waals surface area contributed by atoms with E-state index in [0.29, 0.717) is 41.1 Å². The van der Waals surface area contributed by atoms with Gasteiger partial charge in [-0.1, -0.05) is 0 Å². The summed E-state index contributed by atoms with van der Waals surface area (Å²) in [5, 5.41) is 10.3. The summed E-state index contributed by atoms with van der Waals surface area (Å²) in [5.41, 5.74) is 3.63. The third-order valence-corrected chi connectivity index (χ3v) is 6.97. The van der Waals surface area contributed by atoms with Crippen LogP contribution in [-0.2, 0) is 10.0 Å². The van der Waals surface area contributed by atoms with E-state index in [4.69, 9.17) is 9.72 Å². The molecule has 10 nitrogen and oxygen atoms in total. The van der Waals surface area contributed by atoms with E-state index in [2.05, 4.69) is 25.2 Å². The minimum atomic E-state index is -3.74. The predicted octanol–water partition coefficient (Wildman–Crippen LogP) is 3.18. The van der Waals surface area contributed by atoms with Gasteiger partial charge >= 0.3 is 0 Å². The number of aromatic nitrogens is 5. The number of nitrogens with zero attached hydrogens (tertiary/aromatic N) is 4. The van der Waals surface area contributed by atoms with Gasteiger partial charge in [-0.25, -0.2) is 23.1 Å². The third kappa shape index (κ3) is 4.41. The molecule has 172 valence electrons. The fourth-order valence-corrected chi connectivity index (χ4v) is 4.93. The first-order valence-corrected chi connectivity index (χ1v) is 12.1. The molecule has 11 heteroatoms. The highest BCUT2D eigenvalue weighted by atomic mass is 32.2. The Labute approximate surface area is 191 Å². The molecule has 1 aliphatic carbocycles. The number of imidazole rings is 1. The number of hydrogen-bond acceptors (Lipinski definition) is 7. The summed E-state index contributed by atoms with van der Waals surface area (Å²) in [5.74, 6) is 1.83. The van der Waals surface area contributed by atoms with Crippen LogP contribution in [0.2, 0.25) is 0 Å². The summed E-state index contributed by atoms with van der Waals surface area (Å²) in [4.78, 5) is 9.41.